The Morgan fingerprint density at radius 1 is 1.57 bits per heavy atom. The molecule has 2 rings (SSSR count). The molecule has 0 spiro atoms. The topological polar surface area (TPSA) is 148 Å². The number of non-ortho nitro benzene ring substituents is 1. The van der Waals surface area contributed by atoms with Crippen LogP contribution in [0.4, 0.5) is 5.69 Å². The molecule has 1 heterocycles. The summed E-state index contributed by atoms with van der Waals surface area (Å²) in [6, 6.07) is 5.61. The number of nitrogens with zero attached hydrogens (tertiary/aromatic N) is 6. The predicted octanol–water partition coefficient (Wildman–Crippen LogP) is 0.689. The van der Waals surface area contributed by atoms with Crippen molar-refractivity contribution in [3.05, 3.63) is 33.9 Å². The minimum Gasteiger partial charge on any atom is -0.480 e. The minimum absolute atomic E-state index is 0.0825. The first-order chi connectivity index (χ1) is 10.0. The molecule has 0 fully saturated rings. The van der Waals surface area contributed by atoms with Gasteiger partial charge in [0.2, 0.25) is 5.16 Å². The number of benzene rings is 1. The number of carbonyl (C=O) groups is 1. The number of nitriles is 1. The third-order valence-corrected chi connectivity index (χ3v) is 3.33. The molecule has 0 unspecified atom stereocenters. The number of rotatable bonds is 5. The number of carboxylic acid groups (broad SMARTS) is 1. The van der Waals surface area contributed by atoms with E-state index in [0.717, 1.165) is 22.5 Å². The molecule has 0 aliphatic carbocycles. The van der Waals surface area contributed by atoms with Crippen LogP contribution in [0.2, 0.25) is 0 Å². The fraction of sp³-hybridized carbons (Fsp3) is 0.100. The lowest BCUT2D eigenvalue weighted by atomic mass is 10.2. The molecule has 11 heteroatoms. The van der Waals surface area contributed by atoms with Gasteiger partial charge in [-0.15, -0.1) is 5.10 Å². The molecular formula is C10H6N6O4S. The summed E-state index contributed by atoms with van der Waals surface area (Å²) in [7, 11) is 0. The minimum atomic E-state index is -1.12. The van der Waals surface area contributed by atoms with Gasteiger partial charge in [-0.2, -0.15) is 5.26 Å². The van der Waals surface area contributed by atoms with Gasteiger partial charge in [0.05, 0.1) is 10.5 Å². The smallest absolute Gasteiger partial charge is 0.325 e. The van der Waals surface area contributed by atoms with Crippen LogP contribution in [0, 0.1) is 21.4 Å². The van der Waals surface area contributed by atoms with E-state index in [1.54, 1.807) is 0 Å². The molecular weight excluding hydrogens is 300 g/mol. The highest BCUT2D eigenvalue weighted by atomic mass is 32.2. The number of aromatic nitrogens is 4. The Kier molecular flexibility index (Phi) is 4.10. The van der Waals surface area contributed by atoms with Crippen molar-refractivity contribution in [2.45, 2.75) is 16.6 Å². The SMILES string of the molecule is N#Cc1cc([N+](=O)[O-])ccc1Sc1nnnn1CC(=O)O. The summed E-state index contributed by atoms with van der Waals surface area (Å²) in [4.78, 5) is 21.1. The second kappa shape index (κ2) is 5.97. The van der Waals surface area contributed by atoms with Crippen molar-refractivity contribution in [1.82, 2.24) is 20.2 Å². The summed E-state index contributed by atoms with van der Waals surface area (Å²) < 4.78 is 1.05. The maximum absolute atomic E-state index is 10.7. The van der Waals surface area contributed by atoms with Gasteiger partial charge in [0.25, 0.3) is 5.69 Å². The van der Waals surface area contributed by atoms with Crippen molar-refractivity contribution in [2.24, 2.45) is 0 Å². The van der Waals surface area contributed by atoms with E-state index in [9.17, 15) is 14.9 Å². The van der Waals surface area contributed by atoms with E-state index in [0.29, 0.717) is 4.90 Å². The van der Waals surface area contributed by atoms with Crippen LogP contribution in [0.3, 0.4) is 0 Å². The van der Waals surface area contributed by atoms with Crippen LogP contribution in [-0.2, 0) is 11.3 Å². The maximum Gasteiger partial charge on any atom is 0.325 e. The lowest BCUT2D eigenvalue weighted by Crippen LogP contribution is -2.11. The van der Waals surface area contributed by atoms with E-state index in [2.05, 4.69) is 15.5 Å². The highest BCUT2D eigenvalue weighted by molar-refractivity contribution is 7.99. The van der Waals surface area contributed by atoms with Crippen LogP contribution < -0.4 is 0 Å². The number of nitro groups is 1. The van der Waals surface area contributed by atoms with Crippen LogP contribution >= 0.6 is 11.8 Å². The molecule has 2 aromatic rings. The summed E-state index contributed by atoms with van der Waals surface area (Å²) in [6.45, 7) is -0.426. The second-order valence-electron chi connectivity index (χ2n) is 3.66. The van der Waals surface area contributed by atoms with E-state index in [-0.39, 0.29) is 16.4 Å². The molecule has 1 aromatic carbocycles. The molecule has 0 saturated carbocycles. The highest BCUT2D eigenvalue weighted by Gasteiger charge is 2.16. The molecule has 0 amide bonds. The van der Waals surface area contributed by atoms with E-state index in [1.807, 2.05) is 6.07 Å². The number of hydrogen-bond acceptors (Lipinski definition) is 8. The molecule has 0 bridgehead atoms. The molecule has 0 aliphatic rings. The molecule has 106 valence electrons. The first-order valence-electron chi connectivity index (χ1n) is 5.35. The van der Waals surface area contributed by atoms with Crippen LogP contribution in [0.25, 0.3) is 0 Å². The summed E-state index contributed by atoms with van der Waals surface area (Å²) in [5.74, 6) is -1.12. The van der Waals surface area contributed by atoms with E-state index < -0.39 is 17.4 Å². The largest absolute Gasteiger partial charge is 0.480 e. The van der Waals surface area contributed by atoms with E-state index in [1.165, 1.54) is 12.1 Å². The fourth-order valence-electron chi connectivity index (χ4n) is 1.40. The quantitative estimate of drug-likeness (QED) is 0.621. The van der Waals surface area contributed by atoms with Gasteiger partial charge >= 0.3 is 5.97 Å². The van der Waals surface area contributed by atoms with Gasteiger partial charge in [-0.05, 0) is 28.3 Å². The fourth-order valence-corrected chi connectivity index (χ4v) is 2.23. The van der Waals surface area contributed by atoms with Crippen molar-refractivity contribution in [3.63, 3.8) is 0 Å². The van der Waals surface area contributed by atoms with Crippen molar-refractivity contribution in [2.75, 3.05) is 0 Å². The van der Waals surface area contributed by atoms with Crippen molar-refractivity contribution >= 4 is 23.4 Å². The van der Waals surface area contributed by atoms with Gasteiger partial charge < -0.3 is 5.11 Å². The first-order valence-corrected chi connectivity index (χ1v) is 6.17. The number of nitro benzene ring substituents is 1. The first kappa shape index (κ1) is 14.4. The van der Waals surface area contributed by atoms with Gasteiger partial charge in [0.15, 0.2) is 0 Å². The molecule has 21 heavy (non-hydrogen) atoms. The molecule has 10 nitrogen and oxygen atoms in total. The monoisotopic (exact) mass is 306 g/mol. The third-order valence-electron chi connectivity index (χ3n) is 2.28. The number of hydrogen-bond donors (Lipinski definition) is 1. The standard InChI is InChI=1S/C10H6N6O4S/c11-4-6-3-7(16(19)20)1-2-8(6)21-10-12-13-14-15(10)5-9(17)18/h1-3H,5H2,(H,17,18). The Hall–Kier alpha value is -3.00. The number of aliphatic carboxylic acids is 1. The zero-order valence-electron chi connectivity index (χ0n) is 10.2. The van der Waals surface area contributed by atoms with Crippen molar-refractivity contribution < 1.29 is 14.8 Å². The highest BCUT2D eigenvalue weighted by Crippen LogP contribution is 2.30. The number of carboxylic acids is 1. The van der Waals surface area contributed by atoms with Crippen LogP contribution in [0.5, 0.6) is 0 Å². The van der Waals surface area contributed by atoms with Crippen molar-refractivity contribution in [3.8, 4) is 6.07 Å². The van der Waals surface area contributed by atoms with E-state index >= 15 is 0 Å². The average molecular weight is 306 g/mol. The van der Waals surface area contributed by atoms with Gasteiger partial charge in [0, 0.05) is 17.0 Å². The zero-order chi connectivity index (χ0) is 15.4. The Morgan fingerprint density at radius 2 is 2.33 bits per heavy atom. The van der Waals surface area contributed by atoms with Crippen molar-refractivity contribution in [1.29, 1.82) is 5.26 Å². The molecule has 0 saturated heterocycles. The van der Waals surface area contributed by atoms with E-state index in [4.69, 9.17) is 10.4 Å². The molecule has 1 N–H and O–H groups in total. The van der Waals surface area contributed by atoms with Gasteiger partial charge in [-0.3, -0.25) is 14.9 Å². The average Bonchev–Trinajstić information content (AvgIpc) is 2.85. The molecule has 1 aromatic heterocycles. The Morgan fingerprint density at radius 3 is 2.95 bits per heavy atom. The Bertz CT molecular complexity index is 752. The Labute approximate surface area is 121 Å². The summed E-state index contributed by atoms with van der Waals surface area (Å²) in [6.07, 6.45) is 0. The van der Waals surface area contributed by atoms with Crippen LogP contribution in [0.15, 0.2) is 28.3 Å². The molecule has 0 atom stereocenters. The van der Waals surface area contributed by atoms with Crippen LogP contribution in [-0.4, -0.2) is 36.2 Å². The van der Waals surface area contributed by atoms with Crippen LogP contribution in [0.1, 0.15) is 5.56 Å². The summed E-state index contributed by atoms with van der Waals surface area (Å²) in [5.41, 5.74) is -0.125. The lowest BCUT2D eigenvalue weighted by Gasteiger charge is -2.03. The summed E-state index contributed by atoms with van der Waals surface area (Å²) >= 11 is 0.953. The molecule has 0 radical (unpaired) electrons. The summed E-state index contributed by atoms with van der Waals surface area (Å²) in [5, 5.41) is 39.1. The third kappa shape index (κ3) is 3.31. The van der Waals surface area contributed by atoms with Gasteiger partial charge in [0.1, 0.15) is 12.6 Å². The lowest BCUT2D eigenvalue weighted by molar-refractivity contribution is -0.384. The maximum atomic E-state index is 10.7. The zero-order valence-corrected chi connectivity index (χ0v) is 11.0. The number of tetrazole rings is 1. The molecule has 0 aliphatic heterocycles. The van der Waals surface area contributed by atoms with Gasteiger partial charge in [-0.25, -0.2) is 4.68 Å². The van der Waals surface area contributed by atoms with Gasteiger partial charge in [-0.1, -0.05) is 0 Å². The predicted molar refractivity (Wildman–Crippen MR) is 67.4 cm³/mol. The second-order valence-corrected chi connectivity index (χ2v) is 4.67. The Balaban J connectivity index is 2.32. The normalized spacial score (nSPS) is 10.0.